The maximum absolute atomic E-state index is 9.18. The summed E-state index contributed by atoms with van der Waals surface area (Å²) in [7, 11) is 1.50. The van der Waals surface area contributed by atoms with E-state index >= 15 is 0 Å². The Morgan fingerprint density at radius 1 is 1.50 bits per heavy atom. The summed E-state index contributed by atoms with van der Waals surface area (Å²) in [6.45, 7) is 9.00. The molecule has 0 spiro atoms. The van der Waals surface area contributed by atoms with Gasteiger partial charge in [0.15, 0.2) is 0 Å². The highest BCUT2D eigenvalue weighted by Crippen LogP contribution is 1.48. The van der Waals surface area contributed by atoms with Crippen LogP contribution in [0, 0.1) is 0 Å². The van der Waals surface area contributed by atoms with Crippen molar-refractivity contribution < 1.29 is 5.11 Å². The van der Waals surface area contributed by atoms with Gasteiger partial charge in [-0.15, -0.1) is 19.7 Å². The summed E-state index contributed by atoms with van der Waals surface area (Å²) >= 11 is 0. The third-order valence-electron chi connectivity index (χ3n) is 0.118. The zero-order chi connectivity index (χ0) is 7.41. The molecule has 0 amide bonds. The summed E-state index contributed by atoms with van der Waals surface area (Å²) < 4.78 is 0. The van der Waals surface area contributed by atoms with Crippen LogP contribution in [-0.4, -0.2) is 13.7 Å². The van der Waals surface area contributed by atoms with Crippen LogP contribution in [-0.2, 0) is 5.11 Å². The van der Waals surface area contributed by atoms with Crippen molar-refractivity contribution in [1.82, 2.24) is 0 Å². The van der Waals surface area contributed by atoms with Crippen LogP contribution in [0.15, 0.2) is 25.8 Å². The maximum Gasteiger partial charge on any atom is 0.100 e. The summed E-state index contributed by atoms with van der Waals surface area (Å²) in [5.74, 6) is 0. The van der Waals surface area contributed by atoms with Crippen LogP contribution in [0.4, 0.5) is 0 Å². The average molecular weight is 116 g/mol. The van der Waals surface area contributed by atoms with E-state index in [4.69, 9.17) is 0 Å². The predicted octanol–water partition coefficient (Wildman–Crippen LogP) is 0.980. The van der Waals surface area contributed by atoms with E-state index in [1.165, 1.54) is 13.1 Å². The molecule has 8 heavy (non-hydrogen) atoms. The Bertz CT molecular complexity index is 29.7. The summed E-state index contributed by atoms with van der Waals surface area (Å²) in [5.41, 5.74) is 4.50. The Balaban J connectivity index is -0.0000000542. The number of hydrogen-bond donors (Lipinski definition) is 1. The monoisotopic (exact) mass is 116 g/mol. The summed E-state index contributed by atoms with van der Waals surface area (Å²) in [4.78, 5) is 0. The molecule has 0 aliphatic heterocycles. The van der Waals surface area contributed by atoms with Crippen LogP contribution in [0.5, 0.6) is 0 Å². The highest BCUT2D eigenvalue weighted by Gasteiger charge is 1.49. The fraction of sp³-hybridized carbons (Fsp3) is 0.333. The van der Waals surface area contributed by atoms with E-state index in [-0.39, 0.29) is 6.61 Å². The van der Waals surface area contributed by atoms with Crippen LogP contribution in [0.3, 0.4) is 0 Å². The molecule has 2 N–H and O–H groups in total. The smallest absolute Gasteiger partial charge is 0.100 e. The molecule has 0 rings (SSSR count). The Labute approximate surface area is 51.3 Å². The zero-order valence-corrected chi connectivity index (χ0v) is 5.39. The molecule has 0 atom stereocenters. The Morgan fingerprint density at radius 3 is 1.62 bits per heavy atom. The molecular weight excluding hydrogens is 102 g/mol. The van der Waals surface area contributed by atoms with Crippen molar-refractivity contribution in [3.05, 3.63) is 25.8 Å². The van der Waals surface area contributed by atoms with Crippen molar-refractivity contribution in [2.24, 2.45) is 5.73 Å². The van der Waals surface area contributed by atoms with E-state index in [2.05, 4.69) is 25.5 Å². The summed E-state index contributed by atoms with van der Waals surface area (Å²) in [5, 5.41) is 9.18. The molecule has 0 bridgehead atoms. The lowest BCUT2D eigenvalue weighted by atomic mass is 10.7. The summed E-state index contributed by atoms with van der Waals surface area (Å²) in [6.07, 6.45) is 1.32. The molecule has 1 radical (unpaired) electrons. The predicted molar refractivity (Wildman–Crippen MR) is 37.1 cm³/mol. The van der Waals surface area contributed by atoms with E-state index in [0.717, 1.165) is 0 Å². The molecule has 0 aliphatic rings. The van der Waals surface area contributed by atoms with Crippen LogP contribution < -0.4 is 5.73 Å². The van der Waals surface area contributed by atoms with Crippen molar-refractivity contribution >= 4 is 0 Å². The maximum atomic E-state index is 9.18. The van der Waals surface area contributed by atoms with Gasteiger partial charge in [0.2, 0.25) is 0 Å². The minimum absolute atomic E-state index is 0.167. The molecule has 0 aromatic heterocycles. The summed E-state index contributed by atoms with van der Waals surface area (Å²) in [6, 6.07) is 0. The molecule has 0 aliphatic carbocycles. The van der Waals surface area contributed by atoms with Gasteiger partial charge in [0.05, 0.1) is 0 Å². The van der Waals surface area contributed by atoms with Crippen molar-refractivity contribution in [2.75, 3.05) is 13.7 Å². The first-order chi connectivity index (χ1) is 3.91. The van der Waals surface area contributed by atoms with Gasteiger partial charge in [-0.25, -0.2) is 5.11 Å². The van der Waals surface area contributed by atoms with Crippen LogP contribution in [0.1, 0.15) is 0 Å². The van der Waals surface area contributed by atoms with E-state index in [1.807, 2.05) is 0 Å². The van der Waals surface area contributed by atoms with Crippen LogP contribution in [0.25, 0.3) is 0 Å². The first kappa shape index (κ1) is 15.7. The minimum atomic E-state index is -0.167. The Hall–Kier alpha value is -0.600. The molecular formula is C6H14NO. The lowest BCUT2D eigenvalue weighted by Crippen LogP contribution is -1.69. The fourth-order valence-corrected chi connectivity index (χ4v) is 0. The normalized spacial score (nSPS) is 4.38. The second-order valence-electron chi connectivity index (χ2n) is 0.455. The average Bonchev–Trinajstić information content (AvgIpc) is 1.96. The van der Waals surface area contributed by atoms with Gasteiger partial charge in [0.1, 0.15) is 6.61 Å². The van der Waals surface area contributed by atoms with Gasteiger partial charge in [0, 0.05) is 0 Å². The van der Waals surface area contributed by atoms with Gasteiger partial charge in [-0.1, -0.05) is 6.08 Å². The van der Waals surface area contributed by atoms with Gasteiger partial charge in [-0.3, -0.25) is 0 Å². The number of rotatable bonds is 1. The number of hydrogen-bond acceptors (Lipinski definition) is 1. The van der Waals surface area contributed by atoms with Crippen molar-refractivity contribution in [3.63, 3.8) is 0 Å². The van der Waals surface area contributed by atoms with Crippen molar-refractivity contribution in [1.29, 1.82) is 0 Å². The van der Waals surface area contributed by atoms with Crippen molar-refractivity contribution in [3.8, 4) is 0 Å². The molecule has 2 nitrogen and oxygen atoms in total. The molecule has 49 valence electrons. The molecule has 0 saturated carbocycles. The second kappa shape index (κ2) is 95.2. The van der Waals surface area contributed by atoms with E-state index in [9.17, 15) is 5.11 Å². The minimum Gasteiger partial charge on any atom is -0.333 e. The highest BCUT2D eigenvalue weighted by atomic mass is 16.2. The van der Waals surface area contributed by atoms with Crippen LogP contribution in [0.2, 0.25) is 0 Å². The highest BCUT2D eigenvalue weighted by molar-refractivity contribution is 4.60. The molecule has 0 aromatic carbocycles. The SMILES string of the molecule is C=C.C=CC[O].CN. The zero-order valence-electron chi connectivity index (χ0n) is 5.39. The van der Waals surface area contributed by atoms with Crippen LogP contribution >= 0.6 is 0 Å². The molecule has 2 heteroatoms. The van der Waals surface area contributed by atoms with Gasteiger partial charge in [-0.2, -0.15) is 0 Å². The third kappa shape index (κ3) is 653. The first-order valence-electron chi connectivity index (χ1n) is 2.18. The van der Waals surface area contributed by atoms with Gasteiger partial charge >= 0.3 is 0 Å². The molecule has 0 fully saturated rings. The van der Waals surface area contributed by atoms with E-state index in [0.29, 0.717) is 0 Å². The molecule has 0 aromatic rings. The topological polar surface area (TPSA) is 45.9 Å². The fourth-order valence-electron chi connectivity index (χ4n) is 0. The van der Waals surface area contributed by atoms with E-state index in [1.54, 1.807) is 0 Å². The molecule has 0 heterocycles. The molecule has 0 saturated heterocycles. The number of nitrogens with two attached hydrogens (primary N) is 1. The van der Waals surface area contributed by atoms with Gasteiger partial charge in [0.25, 0.3) is 0 Å². The van der Waals surface area contributed by atoms with E-state index < -0.39 is 0 Å². The lowest BCUT2D eigenvalue weighted by Gasteiger charge is -1.54. The largest absolute Gasteiger partial charge is 0.333 e. The standard InChI is InChI=1S/C3H5O.C2H4.CH5N/c1-2-3-4;2*1-2/h2H,1,3H2;1-2H2;2H2,1H3. The van der Waals surface area contributed by atoms with Crippen molar-refractivity contribution in [2.45, 2.75) is 0 Å². The Morgan fingerprint density at radius 2 is 1.62 bits per heavy atom. The third-order valence-corrected chi connectivity index (χ3v) is 0.118. The lowest BCUT2D eigenvalue weighted by molar-refractivity contribution is 0.232. The molecule has 0 unspecified atom stereocenters. The first-order valence-corrected chi connectivity index (χ1v) is 2.18. The Kier molecular flexibility index (Phi) is 186. The quantitative estimate of drug-likeness (QED) is 0.510. The second-order valence-corrected chi connectivity index (χ2v) is 0.455. The van der Waals surface area contributed by atoms with Gasteiger partial charge < -0.3 is 5.73 Å². The van der Waals surface area contributed by atoms with Gasteiger partial charge in [-0.05, 0) is 7.05 Å².